The highest BCUT2D eigenvalue weighted by atomic mass is 19.1. The first kappa shape index (κ1) is 20.8. The van der Waals surface area contributed by atoms with Gasteiger partial charge in [0.05, 0.1) is 26.9 Å². The number of benzene rings is 2. The summed E-state index contributed by atoms with van der Waals surface area (Å²) in [5, 5.41) is 9.64. The Morgan fingerprint density at radius 1 is 1.03 bits per heavy atom. The number of hydrogen-bond acceptors (Lipinski definition) is 7. The molecule has 2 aromatic carbocycles. The van der Waals surface area contributed by atoms with Crippen molar-refractivity contribution < 1.29 is 32.2 Å². The van der Waals surface area contributed by atoms with Gasteiger partial charge in [0.25, 0.3) is 11.8 Å². The molecule has 8 nitrogen and oxygen atoms in total. The Morgan fingerprint density at radius 3 is 2.33 bits per heavy atom. The third-order valence-corrected chi connectivity index (χ3v) is 3.93. The molecular formula is C20H17F2N3O5. The number of nitrogens with zero attached hydrogens (tertiary/aromatic N) is 2. The number of amides is 1. The van der Waals surface area contributed by atoms with Gasteiger partial charge in [0.15, 0.2) is 11.5 Å². The Labute approximate surface area is 170 Å². The summed E-state index contributed by atoms with van der Waals surface area (Å²) in [5.41, 5.74) is 0.525. The van der Waals surface area contributed by atoms with E-state index in [1.54, 1.807) is 12.1 Å². The minimum Gasteiger partial charge on any atom is -0.493 e. The summed E-state index contributed by atoms with van der Waals surface area (Å²) in [5.74, 6) is -1.08. The predicted molar refractivity (Wildman–Crippen MR) is 103 cm³/mol. The van der Waals surface area contributed by atoms with Crippen LogP contribution >= 0.6 is 0 Å². The second-order valence-electron chi connectivity index (χ2n) is 5.82. The molecule has 0 aliphatic carbocycles. The molecule has 3 aromatic rings. The van der Waals surface area contributed by atoms with E-state index in [9.17, 15) is 13.6 Å². The number of hydrogen-bond donors (Lipinski definition) is 1. The maximum absolute atomic E-state index is 13.8. The van der Waals surface area contributed by atoms with Crippen LogP contribution in [-0.2, 0) is 4.79 Å². The Bertz CT molecular complexity index is 1070. The Balaban J connectivity index is 1.73. The highest BCUT2D eigenvalue weighted by Gasteiger charge is 2.15. The van der Waals surface area contributed by atoms with E-state index in [1.807, 2.05) is 0 Å². The molecule has 1 aromatic heterocycles. The van der Waals surface area contributed by atoms with Crippen LogP contribution in [0.3, 0.4) is 0 Å². The monoisotopic (exact) mass is 417 g/mol. The smallest absolute Gasteiger partial charge is 0.322 e. The minimum atomic E-state index is -0.862. The van der Waals surface area contributed by atoms with Gasteiger partial charge in [0.1, 0.15) is 11.6 Å². The fourth-order valence-corrected chi connectivity index (χ4v) is 2.56. The second-order valence-corrected chi connectivity index (χ2v) is 5.82. The lowest BCUT2D eigenvalue weighted by atomic mass is 10.1. The molecule has 1 heterocycles. The van der Waals surface area contributed by atoms with Crippen molar-refractivity contribution in [1.29, 1.82) is 0 Å². The third kappa shape index (κ3) is 4.54. The van der Waals surface area contributed by atoms with Crippen LogP contribution in [0.15, 0.2) is 40.8 Å². The zero-order chi connectivity index (χ0) is 21.7. The van der Waals surface area contributed by atoms with E-state index in [2.05, 4.69) is 15.5 Å². The average molecular weight is 417 g/mol. The number of nitrogens with one attached hydrogen (secondary N) is 1. The van der Waals surface area contributed by atoms with Crippen LogP contribution in [0.4, 0.5) is 14.8 Å². The van der Waals surface area contributed by atoms with Gasteiger partial charge >= 0.3 is 6.01 Å². The summed E-state index contributed by atoms with van der Waals surface area (Å²) in [6, 6.07) is 5.99. The third-order valence-electron chi connectivity index (χ3n) is 3.93. The van der Waals surface area contributed by atoms with Gasteiger partial charge in [-0.15, -0.1) is 5.10 Å². The molecule has 0 aliphatic rings. The van der Waals surface area contributed by atoms with Crippen LogP contribution in [0.2, 0.25) is 0 Å². The van der Waals surface area contributed by atoms with Crippen molar-refractivity contribution in [1.82, 2.24) is 10.2 Å². The molecule has 0 radical (unpaired) electrons. The Hall–Kier alpha value is -3.95. The number of anilines is 1. The van der Waals surface area contributed by atoms with E-state index >= 15 is 0 Å². The molecule has 1 N–H and O–H groups in total. The van der Waals surface area contributed by atoms with Crippen LogP contribution in [-0.4, -0.2) is 37.4 Å². The summed E-state index contributed by atoms with van der Waals surface area (Å²) in [7, 11) is 4.45. The summed E-state index contributed by atoms with van der Waals surface area (Å²) in [6.07, 6.45) is 2.74. The van der Waals surface area contributed by atoms with E-state index in [-0.39, 0.29) is 17.5 Å². The van der Waals surface area contributed by atoms with Gasteiger partial charge in [-0.1, -0.05) is 5.10 Å². The topological polar surface area (TPSA) is 95.7 Å². The van der Waals surface area contributed by atoms with Crippen LogP contribution < -0.4 is 19.5 Å². The summed E-state index contributed by atoms with van der Waals surface area (Å²) >= 11 is 0. The molecule has 0 fully saturated rings. The van der Waals surface area contributed by atoms with E-state index in [0.717, 1.165) is 12.1 Å². The van der Waals surface area contributed by atoms with E-state index in [0.29, 0.717) is 28.9 Å². The van der Waals surface area contributed by atoms with Crippen molar-refractivity contribution in [3.8, 4) is 28.7 Å². The Kier molecular flexibility index (Phi) is 6.26. The molecule has 0 saturated heterocycles. The molecule has 30 heavy (non-hydrogen) atoms. The standard InChI is InChI=1S/C20H17F2N3O5/c1-27-15-8-11(9-16(28-2)18(15)29-3)4-7-17(26)23-20-25-24-19(30-20)13-6-5-12(21)10-14(13)22/h4-10H,1-3H3,(H,23,25,26). The van der Waals surface area contributed by atoms with Crippen molar-refractivity contribution in [3.63, 3.8) is 0 Å². The largest absolute Gasteiger partial charge is 0.493 e. The van der Waals surface area contributed by atoms with Crippen molar-refractivity contribution >= 4 is 18.0 Å². The van der Waals surface area contributed by atoms with Gasteiger partial charge in [-0.3, -0.25) is 10.1 Å². The van der Waals surface area contributed by atoms with Crippen LogP contribution in [0.25, 0.3) is 17.5 Å². The lowest BCUT2D eigenvalue weighted by Gasteiger charge is -2.12. The van der Waals surface area contributed by atoms with Crippen molar-refractivity contribution in [3.05, 3.63) is 53.6 Å². The molecule has 0 bridgehead atoms. The maximum Gasteiger partial charge on any atom is 0.322 e. The zero-order valence-electron chi connectivity index (χ0n) is 16.2. The second kappa shape index (κ2) is 9.03. The highest BCUT2D eigenvalue weighted by Crippen LogP contribution is 2.38. The van der Waals surface area contributed by atoms with Gasteiger partial charge < -0.3 is 18.6 Å². The van der Waals surface area contributed by atoms with Gasteiger partial charge in [-0.25, -0.2) is 8.78 Å². The van der Waals surface area contributed by atoms with Crippen molar-refractivity contribution in [2.24, 2.45) is 0 Å². The average Bonchev–Trinajstić information content (AvgIpc) is 3.19. The molecular weight excluding hydrogens is 400 g/mol. The molecule has 0 unspecified atom stereocenters. The van der Waals surface area contributed by atoms with Crippen LogP contribution in [0, 0.1) is 11.6 Å². The van der Waals surface area contributed by atoms with Gasteiger partial charge in [-0.2, -0.15) is 0 Å². The normalized spacial score (nSPS) is 10.8. The zero-order valence-corrected chi connectivity index (χ0v) is 16.2. The SMILES string of the molecule is COc1cc(C=CC(=O)Nc2nnc(-c3ccc(F)cc3F)o2)cc(OC)c1OC. The molecule has 156 valence electrons. The number of halogens is 2. The van der Waals surface area contributed by atoms with Crippen LogP contribution in [0.5, 0.6) is 17.2 Å². The summed E-state index contributed by atoms with van der Waals surface area (Å²) in [6.45, 7) is 0. The van der Waals surface area contributed by atoms with E-state index in [4.69, 9.17) is 18.6 Å². The number of methoxy groups -OCH3 is 3. The Morgan fingerprint density at radius 2 is 1.73 bits per heavy atom. The summed E-state index contributed by atoms with van der Waals surface area (Å²) in [4.78, 5) is 12.1. The lowest BCUT2D eigenvalue weighted by molar-refractivity contribution is -0.112. The molecule has 0 aliphatic heterocycles. The van der Waals surface area contributed by atoms with Gasteiger partial charge in [0.2, 0.25) is 5.75 Å². The first-order chi connectivity index (χ1) is 14.4. The number of ether oxygens (including phenoxy) is 3. The lowest BCUT2D eigenvalue weighted by Crippen LogP contribution is -2.07. The molecule has 1 amide bonds. The van der Waals surface area contributed by atoms with Crippen LogP contribution in [0.1, 0.15) is 5.56 Å². The number of carbonyl (C=O) groups is 1. The quantitative estimate of drug-likeness (QED) is 0.586. The predicted octanol–water partition coefficient (Wildman–Crippen LogP) is 3.69. The number of aromatic nitrogens is 2. The fraction of sp³-hybridized carbons (Fsp3) is 0.150. The van der Waals surface area contributed by atoms with Gasteiger partial charge in [-0.05, 0) is 35.9 Å². The van der Waals surface area contributed by atoms with Crippen molar-refractivity contribution in [2.75, 3.05) is 26.6 Å². The first-order valence-corrected chi connectivity index (χ1v) is 8.53. The molecule has 10 heteroatoms. The molecule has 3 rings (SSSR count). The van der Waals surface area contributed by atoms with E-state index < -0.39 is 17.5 Å². The van der Waals surface area contributed by atoms with Crippen molar-refractivity contribution in [2.45, 2.75) is 0 Å². The molecule has 0 saturated carbocycles. The molecule has 0 spiro atoms. The fourth-order valence-electron chi connectivity index (χ4n) is 2.56. The number of rotatable bonds is 7. The maximum atomic E-state index is 13.8. The highest BCUT2D eigenvalue weighted by molar-refractivity contribution is 6.00. The summed E-state index contributed by atoms with van der Waals surface area (Å²) < 4.78 is 47.8. The van der Waals surface area contributed by atoms with E-state index in [1.165, 1.54) is 33.5 Å². The number of carbonyl (C=O) groups excluding carboxylic acids is 1. The molecule has 0 atom stereocenters. The van der Waals surface area contributed by atoms with Gasteiger partial charge in [0, 0.05) is 12.1 Å². The minimum absolute atomic E-state index is 0.0858. The first-order valence-electron chi connectivity index (χ1n) is 8.53.